The second kappa shape index (κ2) is 8.86. The highest BCUT2D eigenvalue weighted by molar-refractivity contribution is 5.82. The van der Waals surface area contributed by atoms with Gasteiger partial charge >= 0.3 is 17.7 Å². The van der Waals surface area contributed by atoms with Crippen molar-refractivity contribution in [3.63, 3.8) is 0 Å². The molecule has 0 atom stereocenters. The van der Waals surface area contributed by atoms with Gasteiger partial charge in [0.15, 0.2) is 11.5 Å². The molecule has 174 valence electrons. The molecule has 10 nitrogen and oxygen atoms in total. The van der Waals surface area contributed by atoms with E-state index in [1.165, 1.54) is 23.8 Å². The number of aromatic amines is 1. The summed E-state index contributed by atoms with van der Waals surface area (Å²) in [7, 11) is 1.41. The topological polar surface area (TPSA) is 128 Å². The molecule has 0 unspecified atom stereocenters. The van der Waals surface area contributed by atoms with Crippen molar-refractivity contribution < 1.29 is 14.3 Å². The van der Waals surface area contributed by atoms with E-state index in [9.17, 15) is 9.59 Å². The molecule has 1 aromatic carbocycles. The lowest BCUT2D eigenvalue weighted by molar-refractivity contribution is -0.142. The van der Waals surface area contributed by atoms with E-state index in [1.54, 1.807) is 4.57 Å². The molecule has 3 aromatic rings. The Bertz CT molecular complexity index is 1260. The van der Waals surface area contributed by atoms with E-state index in [0.29, 0.717) is 30.9 Å². The Morgan fingerprint density at radius 2 is 2.03 bits per heavy atom. The first-order chi connectivity index (χ1) is 16.0. The largest absolute Gasteiger partial charge is 0.468 e. The Labute approximate surface area is 190 Å². The number of aromatic nitrogens is 4. The molecule has 5 rings (SSSR count). The fraction of sp³-hybridized carbons (Fsp3) is 0.478. The maximum atomic E-state index is 12.8. The highest BCUT2D eigenvalue weighted by atomic mass is 16.5. The first-order valence-corrected chi connectivity index (χ1v) is 11.3. The van der Waals surface area contributed by atoms with Crippen LogP contribution in [0.2, 0.25) is 0 Å². The summed E-state index contributed by atoms with van der Waals surface area (Å²) < 4.78 is 12.1. The van der Waals surface area contributed by atoms with Gasteiger partial charge in [-0.15, -0.1) is 0 Å². The minimum absolute atomic E-state index is 0.189. The lowest BCUT2D eigenvalue weighted by Gasteiger charge is -2.30. The number of carbonyl (C=O) groups is 1. The molecule has 0 amide bonds. The zero-order chi connectivity index (χ0) is 22.9. The minimum atomic E-state index is -0.290. The van der Waals surface area contributed by atoms with Crippen LogP contribution < -0.4 is 16.2 Å². The standard InChI is InChI=1S/C23H28N6O4/c1-32-18(30)13-28-7-6-17-15-5-3-2-4-8-33-22-26-20(24)19-21(27-22)29(23(31)25-19)11-14(9-15)10-16(17)12-28/h9-10H,2-8,11-13H2,1H3,(H,25,31)(H2,24,26,27). The number of imidazole rings is 1. The van der Waals surface area contributed by atoms with Gasteiger partial charge in [-0.1, -0.05) is 12.1 Å². The molecule has 0 aliphatic carbocycles. The third kappa shape index (κ3) is 4.30. The second-order valence-electron chi connectivity index (χ2n) is 8.69. The summed E-state index contributed by atoms with van der Waals surface area (Å²) in [6.07, 6.45) is 4.82. The Morgan fingerprint density at radius 3 is 2.88 bits per heavy atom. The van der Waals surface area contributed by atoms with Crippen molar-refractivity contribution in [1.82, 2.24) is 24.4 Å². The average Bonchev–Trinajstić information content (AvgIpc) is 3.11. The molecule has 0 fully saturated rings. The van der Waals surface area contributed by atoms with E-state index in [0.717, 1.165) is 44.2 Å². The first-order valence-electron chi connectivity index (χ1n) is 11.3. The molecule has 0 spiro atoms. The van der Waals surface area contributed by atoms with Gasteiger partial charge in [0.05, 0.1) is 26.8 Å². The monoisotopic (exact) mass is 452 g/mol. The van der Waals surface area contributed by atoms with Gasteiger partial charge in [0, 0.05) is 13.1 Å². The number of ether oxygens (including phenoxy) is 2. The van der Waals surface area contributed by atoms with Gasteiger partial charge in [0.1, 0.15) is 5.52 Å². The van der Waals surface area contributed by atoms with Crippen molar-refractivity contribution in [2.75, 3.05) is 32.5 Å². The molecule has 10 heteroatoms. The molecule has 2 aromatic heterocycles. The van der Waals surface area contributed by atoms with Gasteiger partial charge in [-0.2, -0.15) is 9.97 Å². The normalized spacial score (nSPS) is 16.8. The highest BCUT2D eigenvalue weighted by Crippen LogP contribution is 2.27. The maximum Gasteiger partial charge on any atom is 0.328 e. The Hall–Kier alpha value is -3.40. The second-order valence-corrected chi connectivity index (χ2v) is 8.69. The molecule has 33 heavy (non-hydrogen) atoms. The SMILES string of the molecule is COC(=O)CN1CCc2c3cc(cc2C1)Cn1c(=O)[nH]c2c(N)nc(nc21)OCCCCC3. The number of esters is 1. The third-order valence-corrected chi connectivity index (χ3v) is 6.44. The number of nitrogens with one attached hydrogen (secondary N) is 1. The predicted octanol–water partition coefficient (Wildman–Crippen LogP) is 1.39. The van der Waals surface area contributed by atoms with Crippen molar-refractivity contribution in [3.8, 4) is 6.01 Å². The Balaban J connectivity index is 1.57. The summed E-state index contributed by atoms with van der Waals surface area (Å²) in [5, 5.41) is 0. The Morgan fingerprint density at radius 1 is 1.18 bits per heavy atom. The highest BCUT2D eigenvalue weighted by Gasteiger charge is 2.23. The summed E-state index contributed by atoms with van der Waals surface area (Å²) in [4.78, 5) is 38.1. The summed E-state index contributed by atoms with van der Waals surface area (Å²) in [5.41, 5.74) is 11.5. The fourth-order valence-electron chi connectivity index (χ4n) is 4.80. The lowest BCUT2D eigenvalue weighted by Crippen LogP contribution is -2.36. The van der Waals surface area contributed by atoms with Crippen LogP contribution in [0.1, 0.15) is 41.5 Å². The quantitative estimate of drug-likeness (QED) is 0.558. The minimum Gasteiger partial charge on any atom is -0.468 e. The van der Waals surface area contributed by atoms with Crippen LogP contribution in [0.5, 0.6) is 6.01 Å². The van der Waals surface area contributed by atoms with Crippen LogP contribution in [0, 0.1) is 0 Å². The molecular formula is C23H28N6O4. The van der Waals surface area contributed by atoms with Crippen molar-refractivity contribution in [3.05, 3.63) is 44.9 Å². The molecule has 2 aliphatic heterocycles. The van der Waals surface area contributed by atoms with Gasteiger partial charge < -0.3 is 20.2 Å². The molecule has 0 saturated carbocycles. The van der Waals surface area contributed by atoms with Gasteiger partial charge in [-0.25, -0.2) is 4.79 Å². The number of H-pyrrole nitrogens is 1. The van der Waals surface area contributed by atoms with E-state index in [2.05, 4.69) is 32.0 Å². The van der Waals surface area contributed by atoms with E-state index in [1.807, 2.05) is 0 Å². The van der Waals surface area contributed by atoms with Gasteiger partial charge in [-0.3, -0.25) is 14.3 Å². The fourth-order valence-corrected chi connectivity index (χ4v) is 4.80. The number of hydrogen-bond donors (Lipinski definition) is 2. The van der Waals surface area contributed by atoms with Crippen LogP contribution in [0.3, 0.4) is 0 Å². The number of carbonyl (C=O) groups excluding carboxylic acids is 1. The van der Waals surface area contributed by atoms with Crippen molar-refractivity contribution in [2.45, 2.75) is 45.2 Å². The number of anilines is 1. The molecule has 4 heterocycles. The molecule has 3 N–H and O–H groups in total. The van der Waals surface area contributed by atoms with Gasteiger partial charge in [-0.05, 0) is 54.4 Å². The zero-order valence-corrected chi connectivity index (χ0v) is 18.7. The molecule has 0 saturated heterocycles. The lowest BCUT2D eigenvalue weighted by atomic mass is 9.89. The number of rotatable bonds is 2. The number of benzene rings is 1. The van der Waals surface area contributed by atoms with E-state index in [-0.39, 0.29) is 30.0 Å². The number of nitrogens with zero attached hydrogens (tertiary/aromatic N) is 4. The van der Waals surface area contributed by atoms with Crippen LogP contribution >= 0.6 is 0 Å². The summed E-state index contributed by atoms with van der Waals surface area (Å²) >= 11 is 0. The number of fused-ring (bicyclic) bond motifs is 5. The Kier molecular flexibility index (Phi) is 5.76. The molecule has 4 bridgehead atoms. The molecule has 2 aliphatic rings. The smallest absolute Gasteiger partial charge is 0.328 e. The maximum absolute atomic E-state index is 12.8. The van der Waals surface area contributed by atoms with Crippen molar-refractivity contribution >= 4 is 23.0 Å². The molecular weight excluding hydrogens is 424 g/mol. The third-order valence-electron chi connectivity index (χ3n) is 6.44. The van der Waals surface area contributed by atoms with E-state index < -0.39 is 0 Å². The summed E-state index contributed by atoms with van der Waals surface area (Å²) in [6.45, 7) is 2.63. The van der Waals surface area contributed by atoms with Crippen molar-refractivity contribution in [1.29, 1.82) is 0 Å². The zero-order valence-electron chi connectivity index (χ0n) is 18.7. The van der Waals surface area contributed by atoms with Crippen LogP contribution in [-0.2, 0) is 35.5 Å². The first kappa shape index (κ1) is 21.4. The van der Waals surface area contributed by atoms with Gasteiger partial charge in [0.25, 0.3) is 0 Å². The number of hydrogen-bond acceptors (Lipinski definition) is 8. The van der Waals surface area contributed by atoms with E-state index in [4.69, 9.17) is 15.2 Å². The van der Waals surface area contributed by atoms with Gasteiger partial charge in [0.2, 0.25) is 0 Å². The van der Waals surface area contributed by atoms with Crippen molar-refractivity contribution in [2.24, 2.45) is 0 Å². The van der Waals surface area contributed by atoms with Crippen LogP contribution in [-0.4, -0.2) is 57.2 Å². The van der Waals surface area contributed by atoms with Crippen LogP contribution in [0.25, 0.3) is 11.2 Å². The van der Waals surface area contributed by atoms with Crippen LogP contribution in [0.4, 0.5) is 5.82 Å². The number of nitrogens with two attached hydrogens (primary N) is 1. The molecule has 0 radical (unpaired) electrons. The summed E-state index contributed by atoms with van der Waals surface area (Å²) in [6, 6.07) is 4.55. The average molecular weight is 453 g/mol. The predicted molar refractivity (Wildman–Crippen MR) is 122 cm³/mol. The van der Waals surface area contributed by atoms with Crippen LogP contribution in [0.15, 0.2) is 16.9 Å². The number of nitrogen functional groups attached to an aromatic ring is 1. The summed E-state index contributed by atoms with van der Waals surface area (Å²) in [5.74, 6) is -0.0348. The number of methoxy groups -OCH3 is 1. The van der Waals surface area contributed by atoms with E-state index >= 15 is 0 Å². The number of aryl methyl sites for hydroxylation is 1.